The number of carbonyl (C=O) groups excluding carboxylic acids is 2. The van der Waals surface area contributed by atoms with E-state index in [0.717, 1.165) is 5.69 Å². The van der Waals surface area contributed by atoms with E-state index in [1.54, 1.807) is 49.4 Å². The number of hydrogen-bond donors (Lipinski definition) is 1. The smallest absolute Gasteiger partial charge is 0.291 e. The van der Waals surface area contributed by atoms with Crippen molar-refractivity contribution in [1.29, 1.82) is 0 Å². The Morgan fingerprint density at radius 2 is 1.69 bits per heavy atom. The maximum Gasteiger partial charge on any atom is 0.291 e. The highest BCUT2D eigenvalue weighted by molar-refractivity contribution is 6.43. The molecule has 1 saturated heterocycles. The summed E-state index contributed by atoms with van der Waals surface area (Å²) in [5.41, 5.74) is 2.02. The van der Waals surface area contributed by atoms with Crippen molar-refractivity contribution < 1.29 is 14.0 Å². The Kier molecular flexibility index (Phi) is 6.65. The van der Waals surface area contributed by atoms with E-state index in [9.17, 15) is 9.59 Å². The zero-order valence-corrected chi connectivity index (χ0v) is 19.5. The Bertz CT molecular complexity index is 1170. The molecule has 0 spiro atoms. The number of nitrogens with one attached hydrogen (secondary N) is 1. The van der Waals surface area contributed by atoms with Crippen molar-refractivity contribution in [2.45, 2.75) is 6.92 Å². The summed E-state index contributed by atoms with van der Waals surface area (Å²) >= 11 is 18.8. The van der Waals surface area contributed by atoms with Gasteiger partial charge in [-0.2, -0.15) is 0 Å². The zero-order valence-electron chi connectivity index (χ0n) is 17.2. The van der Waals surface area contributed by atoms with Gasteiger partial charge in [0.2, 0.25) is 5.91 Å². The number of amides is 2. The normalized spacial score (nSPS) is 13.9. The standard InChI is InChI=1S/C23H20Cl3N3O3/c1-14(30)28-9-11-29(12-10-28)19-6-5-15(13-18(19)25)27-23(31)21-8-7-20(32-21)16-3-2-4-17(24)22(16)26/h2-8,13H,9-12H2,1H3,(H,27,31). The number of nitrogens with zero attached hydrogens (tertiary/aromatic N) is 2. The number of benzene rings is 2. The SMILES string of the molecule is CC(=O)N1CCN(c2ccc(NC(=O)c3ccc(-c4cccc(Cl)c4Cl)o3)cc2Cl)CC1. The lowest BCUT2D eigenvalue weighted by molar-refractivity contribution is -0.129. The van der Waals surface area contributed by atoms with Crippen LogP contribution >= 0.6 is 34.8 Å². The van der Waals surface area contributed by atoms with Crippen molar-refractivity contribution in [3.8, 4) is 11.3 Å². The van der Waals surface area contributed by atoms with Crippen molar-refractivity contribution in [3.63, 3.8) is 0 Å². The lowest BCUT2D eigenvalue weighted by atomic mass is 10.2. The largest absolute Gasteiger partial charge is 0.451 e. The summed E-state index contributed by atoms with van der Waals surface area (Å²) in [6.07, 6.45) is 0. The summed E-state index contributed by atoms with van der Waals surface area (Å²) in [6, 6.07) is 13.8. The lowest BCUT2D eigenvalue weighted by Gasteiger charge is -2.36. The maximum absolute atomic E-state index is 12.7. The van der Waals surface area contributed by atoms with Gasteiger partial charge in [-0.25, -0.2) is 0 Å². The lowest BCUT2D eigenvalue weighted by Crippen LogP contribution is -2.48. The van der Waals surface area contributed by atoms with Gasteiger partial charge in [0.25, 0.3) is 5.91 Å². The van der Waals surface area contributed by atoms with Crippen LogP contribution in [0.1, 0.15) is 17.5 Å². The molecule has 1 aromatic heterocycles. The van der Waals surface area contributed by atoms with Gasteiger partial charge < -0.3 is 19.5 Å². The molecule has 1 aliphatic rings. The predicted octanol–water partition coefficient (Wildman–Crippen LogP) is 5.83. The average molecular weight is 493 g/mol. The van der Waals surface area contributed by atoms with Crippen molar-refractivity contribution in [2.75, 3.05) is 36.4 Å². The van der Waals surface area contributed by atoms with Crippen LogP contribution in [-0.2, 0) is 4.79 Å². The molecule has 6 nitrogen and oxygen atoms in total. The minimum atomic E-state index is -0.409. The monoisotopic (exact) mass is 491 g/mol. The van der Waals surface area contributed by atoms with Gasteiger partial charge in [-0.3, -0.25) is 9.59 Å². The zero-order chi connectivity index (χ0) is 22.8. The highest BCUT2D eigenvalue weighted by Gasteiger charge is 2.21. The van der Waals surface area contributed by atoms with Crippen LogP contribution < -0.4 is 10.2 Å². The molecule has 1 N–H and O–H groups in total. The summed E-state index contributed by atoms with van der Waals surface area (Å²) in [7, 11) is 0. The van der Waals surface area contributed by atoms with Crippen LogP contribution in [0.15, 0.2) is 52.9 Å². The van der Waals surface area contributed by atoms with Gasteiger partial charge in [0.05, 0.1) is 20.8 Å². The van der Waals surface area contributed by atoms with E-state index in [1.165, 1.54) is 0 Å². The van der Waals surface area contributed by atoms with E-state index in [-0.39, 0.29) is 11.7 Å². The van der Waals surface area contributed by atoms with E-state index in [1.807, 2.05) is 11.0 Å². The van der Waals surface area contributed by atoms with E-state index in [2.05, 4.69) is 10.2 Å². The molecule has 2 heterocycles. The second-order valence-electron chi connectivity index (χ2n) is 7.38. The Morgan fingerprint density at radius 3 is 2.38 bits per heavy atom. The molecule has 0 bridgehead atoms. The molecule has 0 atom stereocenters. The van der Waals surface area contributed by atoms with Gasteiger partial charge in [0, 0.05) is 44.4 Å². The van der Waals surface area contributed by atoms with Crippen molar-refractivity contribution in [2.24, 2.45) is 0 Å². The van der Waals surface area contributed by atoms with Crippen LogP contribution in [0.2, 0.25) is 15.1 Å². The first-order valence-corrected chi connectivity index (χ1v) is 11.1. The molecule has 166 valence electrons. The number of halogens is 3. The second-order valence-corrected chi connectivity index (χ2v) is 8.57. The minimum Gasteiger partial charge on any atom is -0.451 e. The molecular formula is C23H20Cl3N3O3. The second kappa shape index (κ2) is 9.45. The van der Waals surface area contributed by atoms with E-state index in [0.29, 0.717) is 58.3 Å². The van der Waals surface area contributed by atoms with E-state index >= 15 is 0 Å². The summed E-state index contributed by atoms with van der Waals surface area (Å²) in [4.78, 5) is 28.1. The van der Waals surface area contributed by atoms with Crippen LogP contribution in [-0.4, -0.2) is 42.9 Å². The van der Waals surface area contributed by atoms with Crippen LogP contribution in [0.3, 0.4) is 0 Å². The maximum atomic E-state index is 12.7. The van der Waals surface area contributed by atoms with Gasteiger partial charge >= 0.3 is 0 Å². The summed E-state index contributed by atoms with van der Waals surface area (Å²) in [5, 5.41) is 4.08. The molecule has 4 rings (SSSR count). The van der Waals surface area contributed by atoms with Gasteiger partial charge in [-0.1, -0.05) is 40.9 Å². The molecule has 0 saturated carbocycles. The quantitative estimate of drug-likeness (QED) is 0.498. The number of rotatable bonds is 4. The van der Waals surface area contributed by atoms with Gasteiger partial charge in [-0.05, 0) is 42.5 Å². The highest BCUT2D eigenvalue weighted by atomic mass is 35.5. The highest BCUT2D eigenvalue weighted by Crippen LogP contribution is 2.35. The molecule has 9 heteroatoms. The average Bonchev–Trinajstić information content (AvgIpc) is 3.26. The van der Waals surface area contributed by atoms with Gasteiger partial charge in [0.15, 0.2) is 5.76 Å². The fourth-order valence-electron chi connectivity index (χ4n) is 3.59. The molecule has 0 radical (unpaired) electrons. The third kappa shape index (κ3) is 4.72. The third-order valence-electron chi connectivity index (χ3n) is 5.32. The van der Waals surface area contributed by atoms with Crippen molar-refractivity contribution in [1.82, 2.24) is 4.90 Å². The fourth-order valence-corrected chi connectivity index (χ4v) is 4.29. The topological polar surface area (TPSA) is 65.8 Å². The molecule has 2 aromatic carbocycles. The van der Waals surface area contributed by atoms with Gasteiger partial charge in [-0.15, -0.1) is 0 Å². The molecular weight excluding hydrogens is 473 g/mol. The Hall–Kier alpha value is -2.67. The molecule has 3 aromatic rings. The number of anilines is 2. The van der Waals surface area contributed by atoms with Crippen LogP contribution in [0.4, 0.5) is 11.4 Å². The first-order chi connectivity index (χ1) is 15.3. The summed E-state index contributed by atoms with van der Waals surface area (Å²) in [5.74, 6) is 0.248. The fraction of sp³-hybridized carbons (Fsp3) is 0.217. The molecule has 0 aliphatic carbocycles. The first-order valence-electron chi connectivity index (χ1n) is 9.99. The Morgan fingerprint density at radius 1 is 0.938 bits per heavy atom. The summed E-state index contributed by atoms with van der Waals surface area (Å²) in [6.45, 7) is 4.29. The van der Waals surface area contributed by atoms with Crippen LogP contribution in [0.5, 0.6) is 0 Å². The van der Waals surface area contributed by atoms with E-state index < -0.39 is 5.91 Å². The summed E-state index contributed by atoms with van der Waals surface area (Å²) < 4.78 is 5.69. The molecule has 1 aliphatic heterocycles. The Balaban J connectivity index is 1.44. The first kappa shape index (κ1) is 22.5. The van der Waals surface area contributed by atoms with Crippen LogP contribution in [0, 0.1) is 0 Å². The molecule has 2 amide bonds. The van der Waals surface area contributed by atoms with Crippen molar-refractivity contribution >= 4 is 58.0 Å². The third-order valence-corrected chi connectivity index (χ3v) is 6.44. The number of hydrogen-bond acceptors (Lipinski definition) is 4. The number of piperazine rings is 1. The predicted molar refractivity (Wildman–Crippen MR) is 128 cm³/mol. The number of furan rings is 1. The number of carbonyl (C=O) groups is 2. The molecule has 1 fully saturated rings. The van der Waals surface area contributed by atoms with Gasteiger partial charge in [0.1, 0.15) is 5.76 Å². The molecule has 0 unspecified atom stereocenters. The molecule has 32 heavy (non-hydrogen) atoms. The van der Waals surface area contributed by atoms with Crippen molar-refractivity contribution in [3.05, 3.63) is 69.4 Å². The van der Waals surface area contributed by atoms with Crippen LogP contribution in [0.25, 0.3) is 11.3 Å². The Labute approximate surface area is 200 Å². The minimum absolute atomic E-state index is 0.0764. The van der Waals surface area contributed by atoms with E-state index in [4.69, 9.17) is 39.2 Å².